The lowest BCUT2D eigenvalue weighted by Gasteiger charge is -2.49. The van der Waals surface area contributed by atoms with E-state index in [0.29, 0.717) is 6.42 Å². The Morgan fingerprint density at radius 1 is 0.554 bits per heavy atom. The zero-order valence-corrected chi connectivity index (χ0v) is 46.2. The predicted octanol–water partition coefficient (Wildman–Crippen LogP) is 6.42. The van der Waals surface area contributed by atoms with Crippen molar-refractivity contribution in [2.24, 2.45) is 11.8 Å². The molecule has 0 unspecified atom stereocenters. The predicted molar refractivity (Wildman–Crippen MR) is 262 cm³/mol. The van der Waals surface area contributed by atoms with E-state index in [9.17, 15) is 24.6 Å². The maximum atomic E-state index is 13.8. The molecule has 74 heavy (non-hydrogen) atoms. The molecule has 7 fully saturated rings. The van der Waals surface area contributed by atoms with Crippen LogP contribution >= 0.6 is 0 Å². The van der Waals surface area contributed by atoms with Gasteiger partial charge in [0, 0.05) is 6.42 Å². The first kappa shape index (κ1) is 59.5. The van der Waals surface area contributed by atoms with E-state index in [1.54, 1.807) is 62.3 Å². The van der Waals surface area contributed by atoms with Gasteiger partial charge in [0.15, 0.2) is 55.0 Å². The minimum atomic E-state index is -1.71. The smallest absolute Gasteiger partial charge is 0.308 e. The summed E-state index contributed by atoms with van der Waals surface area (Å²) in [4.78, 5) is 40.0. The number of carbonyl (C=O) groups excluding carboxylic acids is 3. The third-order valence-electron chi connectivity index (χ3n) is 15.1. The summed E-state index contributed by atoms with van der Waals surface area (Å²) in [7, 11) is 0. The molecule has 7 heterocycles. The molecule has 0 aromatic heterocycles. The van der Waals surface area contributed by atoms with Crippen LogP contribution in [0.25, 0.3) is 0 Å². The molecule has 7 saturated heterocycles. The number of unbranched alkanes of at least 4 members (excludes halogenated alkanes) is 2. The van der Waals surface area contributed by atoms with Gasteiger partial charge in [0.25, 0.3) is 0 Å². The van der Waals surface area contributed by atoms with Gasteiger partial charge in [-0.05, 0) is 74.7 Å². The van der Waals surface area contributed by atoms with E-state index in [1.807, 2.05) is 20.8 Å². The fourth-order valence-electron chi connectivity index (χ4n) is 11.1. The summed E-state index contributed by atoms with van der Waals surface area (Å²) in [6.45, 7) is 23.0. The number of aliphatic hydroxyl groups is 2. The van der Waals surface area contributed by atoms with Crippen LogP contribution in [0.2, 0.25) is 0 Å². The highest BCUT2D eigenvalue weighted by Gasteiger charge is 2.61. The zero-order valence-electron chi connectivity index (χ0n) is 46.2. The Kier molecular flexibility index (Phi) is 20.7. The highest BCUT2D eigenvalue weighted by Crippen LogP contribution is 2.44. The molecule has 0 aromatic carbocycles. The van der Waals surface area contributed by atoms with E-state index < -0.39 is 164 Å². The SMILES string of the molecule is CCCCC[C@H]1CCCCCCCCCC(=O)O[C@H]2[C@@H](O)[C@H](O[C@@H]3[C@H]4OC(C)(C)O[C@H]4[C@H](O1)O[C@H]3C)O[C@@H](C)[C@@H]2O[C@@H]1O[C@@H](C)[C@H](O[C@@H]2O[C@@H](C)[C@H](OC(=O)C(C)C)[C@H]3OC(C)(C)O[C@@H]23)[C@@H](OC(=O)C(C)C)[C@H]1O. The molecule has 0 saturated carbocycles. The lowest BCUT2D eigenvalue weighted by Crippen LogP contribution is -2.66. The molecule has 0 aromatic rings. The Bertz CT molecular complexity index is 1810. The number of esters is 3. The highest BCUT2D eigenvalue weighted by atomic mass is 16.8. The second kappa shape index (κ2) is 25.8. The molecule has 426 valence electrons. The summed E-state index contributed by atoms with van der Waals surface area (Å²) in [6.07, 6.45) is -9.70. The van der Waals surface area contributed by atoms with Crippen molar-refractivity contribution >= 4 is 17.9 Å². The second-order valence-electron chi connectivity index (χ2n) is 23.1. The molecule has 2 N–H and O–H groups in total. The Morgan fingerprint density at radius 3 is 1.76 bits per heavy atom. The molecular formula is C54H90O20. The van der Waals surface area contributed by atoms with E-state index in [2.05, 4.69) is 6.92 Å². The topological polar surface area (TPSA) is 230 Å². The van der Waals surface area contributed by atoms with Crippen molar-refractivity contribution in [2.45, 2.75) is 314 Å². The Balaban J connectivity index is 1.12. The normalized spacial score (nSPS) is 43.2. The van der Waals surface area contributed by atoms with Gasteiger partial charge in [-0.2, -0.15) is 0 Å². The summed E-state index contributed by atoms with van der Waals surface area (Å²) in [6, 6.07) is 0. The number of ether oxygens (including phenoxy) is 15. The maximum Gasteiger partial charge on any atom is 0.308 e. The standard InChI is InChI=1S/C54H90O20/c1-14-15-21-24-33-25-22-19-17-16-18-20-23-26-34(55)65-41-35(56)49(69-40-32(9)62-51(64-33)45-44(40)72-54(12,13)73-45)60-29(6)37(41)68-50-36(57)42(67-48(59)28(4)5)38(30(7)61-50)70-52-46-43(71-53(10,11)74-46)39(31(8)63-52)66-47(58)27(2)3/h27-33,35-46,49-52,56-57H,14-26H2,1-13H3/t29-,30-,31-,32-,33-,35+,36+,37-,38-,39-,40-,41-,42-,43+,44+,45+,46+,49-,50-,51-,52-/m0/s1. The van der Waals surface area contributed by atoms with Crippen LogP contribution in [0.1, 0.15) is 173 Å². The minimum absolute atomic E-state index is 0.0298. The molecule has 4 bridgehead atoms. The number of rotatable bonds is 12. The van der Waals surface area contributed by atoms with Crippen molar-refractivity contribution in [3.8, 4) is 0 Å². The fraction of sp³-hybridized carbons (Fsp3) is 0.944. The van der Waals surface area contributed by atoms with Crippen LogP contribution in [-0.2, 0) is 85.4 Å². The van der Waals surface area contributed by atoms with Crippen molar-refractivity contribution in [1.29, 1.82) is 0 Å². The van der Waals surface area contributed by atoms with Crippen LogP contribution in [0.15, 0.2) is 0 Å². The molecule has 20 nitrogen and oxygen atoms in total. The largest absolute Gasteiger partial charge is 0.457 e. The molecule has 0 aliphatic carbocycles. The molecule has 21 atom stereocenters. The Morgan fingerprint density at radius 2 is 1.09 bits per heavy atom. The summed E-state index contributed by atoms with van der Waals surface area (Å²) >= 11 is 0. The summed E-state index contributed by atoms with van der Waals surface area (Å²) in [5, 5.41) is 24.6. The Labute approximate surface area is 438 Å². The molecular weight excluding hydrogens is 969 g/mol. The second-order valence-corrected chi connectivity index (χ2v) is 23.1. The highest BCUT2D eigenvalue weighted by molar-refractivity contribution is 5.72. The van der Waals surface area contributed by atoms with Gasteiger partial charge in [-0.25, -0.2) is 0 Å². The summed E-state index contributed by atoms with van der Waals surface area (Å²) < 4.78 is 96.0. The van der Waals surface area contributed by atoms with Crippen LogP contribution in [0.4, 0.5) is 0 Å². The molecule has 0 amide bonds. The van der Waals surface area contributed by atoms with Gasteiger partial charge >= 0.3 is 17.9 Å². The van der Waals surface area contributed by atoms with Crippen molar-refractivity contribution in [1.82, 2.24) is 0 Å². The van der Waals surface area contributed by atoms with Crippen LogP contribution in [0, 0.1) is 11.8 Å². The molecule has 7 aliphatic heterocycles. The van der Waals surface area contributed by atoms with Gasteiger partial charge in [0.2, 0.25) is 0 Å². The van der Waals surface area contributed by atoms with Crippen LogP contribution in [0.3, 0.4) is 0 Å². The summed E-state index contributed by atoms with van der Waals surface area (Å²) in [5.74, 6) is -4.76. The van der Waals surface area contributed by atoms with Crippen molar-refractivity contribution in [3.05, 3.63) is 0 Å². The van der Waals surface area contributed by atoms with Crippen molar-refractivity contribution in [2.75, 3.05) is 0 Å². The fourth-order valence-corrected chi connectivity index (χ4v) is 11.1. The Hall–Kier alpha value is -2.15. The minimum Gasteiger partial charge on any atom is -0.457 e. The maximum absolute atomic E-state index is 13.8. The van der Waals surface area contributed by atoms with Gasteiger partial charge in [-0.15, -0.1) is 0 Å². The molecule has 20 heteroatoms. The zero-order chi connectivity index (χ0) is 53.8. The van der Waals surface area contributed by atoms with E-state index in [4.69, 9.17) is 71.1 Å². The lowest BCUT2D eigenvalue weighted by atomic mass is 9.95. The molecule has 7 aliphatic rings. The number of aliphatic hydroxyl groups excluding tert-OH is 2. The molecule has 0 spiro atoms. The monoisotopic (exact) mass is 1060 g/mol. The van der Waals surface area contributed by atoms with Gasteiger partial charge in [0.1, 0.15) is 54.9 Å². The first-order chi connectivity index (χ1) is 35.0. The number of hydrogen-bond acceptors (Lipinski definition) is 20. The van der Waals surface area contributed by atoms with Crippen LogP contribution in [0.5, 0.6) is 0 Å². The quantitative estimate of drug-likeness (QED) is 0.122. The van der Waals surface area contributed by atoms with E-state index in [1.165, 1.54) is 0 Å². The molecule has 0 radical (unpaired) electrons. The van der Waals surface area contributed by atoms with E-state index in [-0.39, 0.29) is 12.5 Å². The number of hydrogen-bond donors (Lipinski definition) is 2. The molecule has 7 rings (SSSR count). The van der Waals surface area contributed by atoms with E-state index in [0.717, 1.165) is 70.6 Å². The van der Waals surface area contributed by atoms with Crippen molar-refractivity contribution < 1.29 is 95.6 Å². The average molecular weight is 1060 g/mol. The third-order valence-corrected chi connectivity index (χ3v) is 15.1. The van der Waals surface area contributed by atoms with Crippen molar-refractivity contribution in [3.63, 3.8) is 0 Å². The van der Waals surface area contributed by atoms with E-state index >= 15 is 0 Å². The van der Waals surface area contributed by atoms with Gasteiger partial charge in [-0.1, -0.05) is 92.4 Å². The average Bonchev–Trinajstić information content (AvgIpc) is 3.84. The first-order valence-corrected chi connectivity index (χ1v) is 27.9. The van der Waals surface area contributed by atoms with Gasteiger partial charge < -0.3 is 81.3 Å². The van der Waals surface area contributed by atoms with Gasteiger partial charge in [0.05, 0.1) is 42.4 Å². The van der Waals surface area contributed by atoms with Crippen LogP contribution in [-0.4, -0.2) is 169 Å². The van der Waals surface area contributed by atoms with Crippen LogP contribution < -0.4 is 0 Å². The number of carbonyl (C=O) groups is 3. The first-order valence-electron chi connectivity index (χ1n) is 27.9. The lowest BCUT2D eigenvalue weighted by molar-refractivity contribution is -0.378. The third kappa shape index (κ3) is 14.6. The van der Waals surface area contributed by atoms with Gasteiger partial charge in [-0.3, -0.25) is 14.4 Å². The summed E-state index contributed by atoms with van der Waals surface area (Å²) in [5.41, 5.74) is 0. The number of fused-ring (bicyclic) bond motifs is 3.